The molecule has 0 saturated heterocycles. The highest BCUT2D eigenvalue weighted by Crippen LogP contribution is 2.29. The van der Waals surface area contributed by atoms with E-state index in [1.807, 2.05) is 55.5 Å². The van der Waals surface area contributed by atoms with E-state index in [2.05, 4.69) is 4.98 Å². The first-order valence-electron chi connectivity index (χ1n) is 7.66. The fraction of sp³-hybridized carbons (Fsp3) is 0.100. The molecule has 3 rings (SSSR count). The van der Waals surface area contributed by atoms with Crippen molar-refractivity contribution in [2.24, 2.45) is 0 Å². The number of ether oxygens (including phenoxy) is 1. The lowest BCUT2D eigenvalue weighted by atomic mass is 10.1. The van der Waals surface area contributed by atoms with E-state index in [4.69, 9.17) is 16.3 Å². The van der Waals surface area contributed by atoms with Gasteiger partial charge in [0.2, 0.25) is 0 Å². The summed E-state index contributed by atoms with van der Waals surface area (Å²) in [6.45, 7) is 1.85. The van der Waals surface area contributed by atoms with Crippen LogP contribution in [0.3, 0.4) is 0 Å². The molecule has 0 saturated carbocycles. The molecule has 0 aliphatic carbocycles. The van der Waals surface area contributed by atoms with E-state index in [9.17, 15) is 4.79 Å². The molecule has 0 fully saturated rings. The summed E-state index contributed by atoms with van der Waals surface area (Å²) in [6, 6.07) is 15.0. The Morgan fingerprint density at radius 1 is 1.12 bits per heavy atom. The number of benzene rings is 2. The molecule has 0 spiro atoms. The van der Waals surface area contributed by atoms with Gasteiger partial charge in [0.05, 0.1) is 17.7 Å². The highest BCUT2D eigenvalue weighted by Gasteiger charge is 2.14. The molecule has 25 heavy (non-hydrogen) atoms. The van der Waals surface area contributed by atoms with Gasteiger partial charge >= 0.3 is 0 Å². The lowest BCUT2D eigenvalue weighted by Crippen LogP contribution is -1.93. The second kappa shape index (κ2) is 7.64. The van der Waals surface area contributed by atoms with Gasteiger partial charge in [-0.05, 0) is 42.8 Å². The molecule has 0 aliphatic rings. The van der Waals surface area contributed by atoms with Gasteiger partial charge in [-0.15, -0.1) is 11.3 Å². The van der Waals surface area contributed by atoms with Gasteiger partial charge in [-0.3, -0.25) is 4.79 Å². The van der Waals surface area contributed by atoms with Crippen molar-refractivity contribution in [3.8, 4) is 16.3 Å². The average Bonchev–Trinajstić information content (AvgIpc) is 3.02. The van der Waals surface area contributed by atoms with Crippen LogP contribution in [0, 0.1) is 6.92 Å². The summed E-state index contributed by atoms with van der Waals surface area (Å²) >= 11 is 7.31. The third-order valence-electron chi connectivity index (χ3n) is 3.65. The van der Waals surface area contributed by atoms with Gasteiger partial charge in [-0.25, -0.2) is 4.98 Å². The Kier molecular flexibility index (Phi) is 5.31. The van der Waals surface area contributed by atoms with Crippen molar-refractivity contribution < 1.29 is 9.53 Å². The maximum atomic E-state index is 12.5. The minimum atomic E-state index is -0.0500. The number of halogens is 1. The molecular weight excluding hydrogens is 354 g/mol. The first-order valence-corrected chi connectivity index (χ1v) is 8.86. The fourth-order valence-electron chi connectivity index (χ4n) is 2.30. The van der Waals surface area contributed by atoms with Crippen LogP contribution in [0.1, 0.15) is 20.9 Å². The summed E-state index contributed by atoms with van der Waals surface area (Å²) < 4.78 is 5.13. The minimum absolute atomic E-state index is 0.0500. The largest absolute Gasteiger partial charge is 0.497 e. The fourth-order valence-corrected chi connectivity index (χ4v) is 3.42. The van der Waals surface area contributed by atoms with Crippen LogP contribution >= 0.6 is 22.9 Å². The summed E-state index contributed by atoms with van der Waals surface area (Å²) in [5.74, 6) is 0.736. The van der Waals surface area contributed by atoms with Crippen LogP contribution in [0.15, 0.2) is 54.6 Å². The number of carbonyl (C=O) groups is 1. The highest BCUT2D eigenvalue weighted by atomic mass is 35.5. The Bertz CT molecular complexity index is 912. The average molecular weight is 370 g/mol. The van der Waals surface area contributed by atoms with Crippen molar-refractivity contribution in [3.63, 3.8) is 0 Å². The minimum Gasteiger partial charge on any atom is -0.497 e. The number of aromatic nitrogens is 1. The maximum Gasteiger partial charge on any atom is 0.197 e. The van der Waals surface area contributed by atoms with Crippen LogP contribution in [0.5, 0.6) is 5.75 Å². The smallest absolute Gasteiger partial charge is 0.197 e. The molecule has 5 heteroatoms. The number of nitrogens with zero attached hydrogens (tertiary/aromatic N) is 1. The molecule has 1 heterocycles. The lowest BCUT2D eigenvalue weighted by molar-refractivity contribution is 0.105. The van der Waals surface area contributed by atoms with E-state index in [0.717, 1.165) is 27.6 Å². The summed E-state index contributed by atoms with van der Waals surface area (Å²) in [6.07, 6.45) is 3.37. The molecule has 3 aromatic rings. The molecular formula is C20H16ClNO2S. The number of hydrogen-bond acceptors (Lipinski definition) is 4. The summed E-state index contributed by atoms with van der Waals surface area (Å²) in [5, 5.41) is 1.49. The van der Waals surface area contributed by atoms with E-state index in [1.165, 1.54) is 11.3 Å². The molecule has 3 nitrogen and oxygen atoms in total. The summed E-state index contributed by atoms with van der Waals surface area (Å²) in [5.41, 5.74) is 2.63. The van der Waals surface area contributed by atoms with Gasteiger partial charge in [0, 0.05) is 10.6 Å². The van der Waals surface area contributed by atoms with Gasteiger partial charge in [-0.1, -0.05) is 41.9 Å². The van der Waals surface area contributed by atoms with Crippen LogP contribution in [-0.4, -0.2) is 17.9 Å². The van der Waals surface area contributed by atoms with Crippen LogP contribution in [0.4, 0.5) is 0 Å². The zero-order valence-corrected chi connectivity index (χ0v) is 15.4. The van der Waals surface area contributed by atoms with Crippen molar-refractivity contribution in [3.05, 3.63) is 75.8 Å². The third kappa shape index (κ3) is 4.16. The molecule has 0 aliphatic heterocycles. The SMILES string of the molecule is COc1ccc(/C=C/C(=O)c2sc(-c3ccc(Cl)cc3)nc2C)cc1. The van der Waals surface area contributed by atoms with Gasteiger partial charge in [0.25, 0.3) is 0 Å². The summed E-state index contributed by atoms with van der Waals surface area (Å²) in [7, 11) is 1.62. The van der Waals surface area contributed by atoms with Crippen molar-refractivity contribution >= 4 is 34.8 Å². The first kappa shape index (κ1) is 17.4. The molecule has 1 aromatic heterocycles. The standard InChI is InChI=1S/C20H16ClNO2S/c1-13-19(25-20(22-13)15-6-8-16(21)9-7-15)18(23)12-5-14-3-10-17(24-2)11-4-14/h3-12H,1-2H3/b12-5+. The first-order chi connectivity index (χ1) is 12.1. The molecule has 0 bridgehead atoms. The van der Waals surface area contributed by atoms with E-state index in [1.54, 1.807) is 19.3 Å². The van der Waals surface area contributed by atoms with Crippen molar-refractivity contribution in [2.45, 2.75) is 6.92 Å². The highest BCUT2D eigenvalue weighted by molar-refractivity contribution is 7.17. The van der Waals surface area contributed by atoms with Crippen molar-refractivity contribution in [1.29, 1.82) is 0 Å². The Balaban J connectivity index is 1.80. The molecule has 0 N–H and O–H groups in total. The van der Waals surface area contributed by atoms with Crippen LogP contribution < -0.4 is 4.74 Å². The van der Waals surface area contributed by atoms with Crippen molar-refractivity contribution in [1.82, 2.24) is 4.98 Å². The monoisotopic (exact) mass is 369 g/mol. The lowest BCUT2D eigenvalue weighted by Gasteiger charge is -1.98. The van der Waals surface area contributed by atoms with E-state index < -0.39 is 0 Å². The molecule has 0 unspecified atom stereocenters. The maximum absolute atomic E-state index is 12.5. The van der Waals surface area contributed by atoms with Crippen LogP contribution in [0.25, 0.3) is 16.6 Å². The third-order valence-corrected chi connectivity index (χ3v) is 5.13. The Labute approximate surface area is 155 Å². The van der Waals surface area contributed by atoms with Crippen molar-refractivity contribution in [2.75, 3.05) is 7.11 Å². The number of allylic oxidation sites excluding steroid dienone is 1. The van der Waals surface area contributed by atoms with E-state index in [-0.39, 0.29) is 5.78 Å². The number of thiazole rings is 1. The zero-order chi connectivity index (χ0) is 17.8. The van der Waals surface area contributed by atoms with Crippen LogP contribution in [0.2, 0.25) is 5.02 Å². The van der Waals surface area contributed by atoms with Gasteiger partial charge in [0.1, 0.15) is 10.8 Å². The van der Waals surface area contributed by atoms with Gasteiger partial charge < -0.3 is 4.74 Å². The van der Waals surface area contributed by atoms with Gasteiger partial charge in [0.15, 0.2) is 5.78 Å². The quantitative estimate of drug-likeness (QED) is 0.429. The molecule has 2 aromatic carbocycles. The Morgan fingerprint density at radius 3 is 2.44 bits per heavy atom. The summed E-state index contributed by atoms with van der Waals surface area (Å²) in [4.78, 5) is 17.7. The Hall–Kier alpha value is -2.43. The molecule has 126 valence electrons. The normalized spacial score (nSPS) is 11.0. The molecule has 0 radical (unpaired) electrons. The van der Waals surface area contributed by atoms with Gasteiger partial charge in [-0.2, -0.15) is 0 Å². The molecule has 0 atom stereocenters. The van der Waals surface area contributed by atoms with E-state index in [0.29, 0.717) is 9.90 Å². The van der Waals surface area contributed by atoms with E-state index >= 15 is 0 Å². The number of methoxy groups -OCH3 is 1. The second-order valence-corrected chi connectivity index (χ2v) is 6.85. The number of ketones is 1. The zero-order valence-electron chi connectivity index (χ0n) is 13.8. The van der Waals surface area contributed by atoms with Crippen LogP contribution in [-0.2, 0) is 0 Å². The number of carbonyl (C=O) groups excluding carboxylic acids is 1. The second-order valence-electron chi connectivity index (χ2n) is 5.41. The number of aryl methyl sites for hydroxylation is 1. The Morgan fingerprint density at radius 2 is 1.80 bits per heavy atom. The number of rotatable bonds is 5. The predicted molar refractivity (Wildman–Crippen MR) is 104 cm³/mol. The number of hydrogen-bond donors (Lipinski definition) is 0. The topological polar surface area (TPSA) is 39.2 Å². The predicted octanol–water partition coefficient (Wildman–Crippen LogP) is 5.68. The molecule has 0 amide bonds.